The molecule has 0 aliphatic heterocycles. The van der Waals surface area contributed by atoms with E-state index in [9.17, 15) is 0 Å². The number of aromatic nitrogens is 2. The van der Waals surface area contributed by atoms with Gasteiger partial charge in [0.15, 0.2) is 0 Å². The van der Waals surface area contributed by atoms with Crippen molar-refractivity contribution >= 4 is 48.6 Å². The van der Waals surface area contributed by atoms with Crippen LogP contribution in [-0.2, 0) is 0 Å². The average Bonchev–Trinajstić information content (AvgIpc) is 3.48. The number of benzene rings is 7. The van der Waals surface area contributed by atoms with Gasteiger partial charge >= 0.3 is 0 Å². The number of hydrogen-bond acceptors (Lipinski definition) is 1. The molecule has 2 heterocycles. The highest BCUT2D eigenvalue weighted by atomic mass is 79.9. The first-order chi connectivity index (χ1) is 23.7. The monoisotopic (exact) mass is 676 g/mol. The molecule has 0 aliphatic rings. The predicted octanol–water partition coefficient (Wildman–Crippen LogP) is 12.8. The second-order valence-corrected chi connectivity index (χ2v) is 13.1. The standard InChI is InChI=1S/C45H29BrN2/c46-36-13-8-12-33(27-36)38-14-5-6-15-39(38)34-19-24-40-41-25-20-35(43-26-21-32-11-4-7-16-42(32)47-43)29-45(41)48(44(40)28-34)37-22-17-31(18-23-37)30-9-2-1-3-10-30/h1-29H. The van der Waals surface area contributed by atoms with Crippen molar-refractivity contribution in [3.63, 3.8) is 0 Å². The van der Waals surface area contributed by atoms with Gasteiger partial charge in [0.1, 0.15) is 0 Å². The van der Waals surface area contributed by atoms with Crippen molar-refractivity contribution in [2.24, 2.45) is 0 Å². The zero-order chi connectivity index (χ0) is 32.0. The van der Waals surface area contributed by atoms with Gasteiger partial charge in [-0.25, -0.2) is 4.98 Å². The summed E-state index contributed by atoms with van der Waals surface area (Å²) >= 11 is 3.67. The van der Waals surface area contributed by atoms with Crippen LogP contribution in [0.15, 0.2) is 180 Å². The third-order valence-corrected chi connectivity index (χ3v) is 9.76. The summed E-state index contributed by atoms with van der Waals surface area (Å²) < 4.78 is 3.48. The number of rotatable bonds is 5. The van der Waals surface area contributed by atoms with Crippen molar-refractivity contribution in [1.82, 2.24) is 9.55 Å². The number of nitrogens with zero attached hydrogens (tertiary/aromatic N) is 2. The number of halogens is 1. The SMILES string of the molecule is Brc1cccc(-c2ccccc2-c2ccc3c4ccc(-c5ccc6ccccc6n5)cc4n(-c4ccc(-c5ccccc5)cc4)c3c2)c1. The molecule has 226 valence electrons. The van der Waals surface area contributed by atoms with Gasteiger partial charge < -0.3 is 4.57 Å². The number of fused-ring (bicyclic) bond motifs is 4. The van der Waals surface area contributed by atoms with Crippen molar-refractivity contribution in [1.29, 1.82) is 0 Å². The Labute approximate surface area is 287 Å². The van der Waals surface area contributed by atoms with Crippen LogP contribution in [-0.4, -0.2) is 9.55 Å². The van der Waals surface area contributed by atoms with Crippen LogP contribution >= 0.6 is 15.9 Å². The van der Waals surface area contributed by atoms with Gasteiger partial charge in [-0.1, -0.05) is 143 Å². The predicted molar refractivity (Wildman–Crippen MR) is 206 cm³/mol. The Bertz CT molecular complexity index is 2620. The summed E-state index contributed by atoms with van der Waals surface area (Å²) in [7, 11) is 0. The molecule has 0 N–H and O–H groups in total. The molecule has 7 aromatic carbocycles. The van der Waals surface area contributed by atoms with Gasteiger partial charge in [0, 0.05) is 31.9 Å². The fraction of sp³-hybridized carbons (Fsp3) is 0. The maximum atomic E-state index is 5.04. The maximum Gasteiger partial charge on any atom is 0.0710 e. The molecule has 3 heteroatoms. The molecule has 2 aromatic heterocycles. The van der Waals surface area contributed by atoms with Crippen molar-refractivity contribution in [3.8, 4) is 50.3 Å². The molecular formula is C45H29BrN2. The van der Waals surface area contributed by atoms with Gasteiger partial charge in [-0.15, -0.1) is 0 Å². The Hall–Kier alpha value is -5.77. The molecule has 0 unspecified atom stereocenters. The van der Waals surface area contributed by atoms with Gasteiger partial charge in [0.05, 0.1) is 22.2 Å². The molecule has 0 bridgehead atoms. The third-order valence-electron chi connectivity index (χ3n) is 9.27. The molecule has 9 aromatic rings. The molecule has 48 heavy (non-hydrogen) atoms. The maximum absolute atomic E-state index is 5.04. The Balaban J connectivity index is 1.26. The van der Waals surface area contributed by atoms with E-state index in [-0.39, 0.29) is 0 Å². The Kier molecular flexibility index (Phi) is 6.99. The van der Waals surface area contributed by atoms with Gasteiger partial charge in [-0.3, -0.25) is 0 Å². The van der Waals surface area contributed by atoms with Gasteiger partial charge in [-0.05, 0) is 81.9 Å². The lowest BCUT2D eigenvalue weighted by molar-refractivity contribution is 1.18. The summed E-state index contributed by atoms with van der Waals surface area (Å²) in [6.45, 7) is 0. The third kappa shape index (κ3) is 5.00. The van der Waals surface area contributed by atoms with Crippen molar-refractivity contribution in [3.05, 3.63) is 180 Å². The lowest BCUT2D eigenvalue weighted by Crippen LogP contribution is -1.95. The number of para-hydroxylation sites is 1. The van der Waals surface area contributed by atoms with E-state index in [1.165, 1.54) is 49.7 Å². The fourth-order valence-corrected chi connectivity index (χ4v) is 7.33. The molecule has 0 aliphatic carbocycles. The fourth-order valence-electron chi connectivity index (χ4n) is 6.93. The van der Waals surface area contributed by atoms with Crippen molar-refractivity contribution < 1.29 is 0 Å². The molecule has 0 radical (unpaired) electrons. The molecule has 0 fully saturated rings. The first kappa shape index (κ1) is 28.5. The van der Waals surface area contributed by atoms with Crippen LogP contribution in [0.3, 0.4) is 0 Å². The van der Waals surface area contributed by atoms with Crippen molar-refractivity contribution in [2.45, 2.75) is 0 Å². The van der Waals surface area contributed by atoms with E-state index in [1.54, 1.807) is 0 Å². The van der Waals surface area contributed by atoms with E-state index in [0.29, 0.717) is 0 Å². The Morgan fingerprint density at radius 3 is 1.75 bits per heavy atom. The first-order valence-corrected chi connectivity index (χ1v) is 16.9. The molecule has 0 amide bonds. The van der Waals surface area contributed by atoms with E-state index in [2.05, 4.69) is 190 Å². The summed E-state index contributed by atoms with van der Waals surface area (Å²) in [6, 6.07) is 62.9. The van der Waals surface area contributed by atoms with Gasteiger partial charge in [-0.2, -0.15) is 0 Å². The minimum absolute atomic E-state index is 0.968. The smallest absolute Gasteiger partial charge is 0.0710 e. The van der Waals surface area contributed by atoms with Crippen LogP contribution < -0.4 is 0 Å². The van der Waals surface area contributed by atoms with E-state index in [1.807, 2.05) is 6.07 Å². The summed E-state index contributed by atoms with van der Waals surface area (Å²) in [5.74, 6) is 0. The van der Waals surface area contributed by atoms with Gasteiger partial charge in [0.2, 0.25) is 0 Å². The summed E-state index contributed by atoms with van der Waals surface area (Å²) in [6.07, 6.45) is 0. The van der Waals surface area contributed by atoms with Crippen LogP contribution in [0.2, 0.25) is 0 Å². The minimum Gasteiger partial charge on any atom is -0.309 e. The molecule has 0 saturated carbocycles. The highest BCUT2D eigenvalue weighted by molar-refractivity contribution is 9.10. The number of hydrogen-bond donors (Lipinski definition) is 0. The minimum atomic E-state index is 0.968. The molecule has 9 rings (SSSR count). The van der Waals surface area contributed by atoms with Crippen molar-refractivity contribution in [2.75, 3.05) is 0 Å². The van der Waals surface area contributed by atoms with E-state index in [4.69, 9.17) is 4.98 Å². The quantitative estimate of drug-likeness (QED) is 0.177. The summed E-state index contributed by atoms with van der Waals surface area (Å²) in [4.78, 5) is 5.04. The van der Waals surface area contributed by atoms with Crippen LogP contribution in [0, 0.1) is 0 Å². The Morgan fingerprint density at radius 2 is 1.00 bits per heavy atom. The summed E-state index contributed by atoms with van der Waals surface area (Å²) in [5, 5.41) is 3.58. The highest BCUT2D eigenvalue weighted by Crippen LogP contribution is 2.39. The van der Waals surface area contributed by atoms with Crippen LogP contribution in [0.5, 0.6) is 0 Å². The van der Waals surface area contributed by atoms with E-state index >= 15 is 0 Å². The average molecular weight is 678 g/mol. The normalized spacial score (nSPS) is 11.4. The first-order valence-electron chi connectivity index (χ1n) is 16.2. The second-order valence-electron chi connectivity index (χ2n) is 12.2. The molecule has 0 spiro atoms. The lowest BCUT2D eigenvalue weighted by atomic mass is 9.94. The molecular weight excluding hydrogens is 648 g/mol. The summed E-state index contributed by atoms with van der Waals surface area (Å²) in [5.41, 5.74) is 13.7. The zero-order valence-corrected chi connectivity index (χ0v) is 27.6. The van der Waals surface area contributed by atoms with Crippen LogP contribution in [0.25, 0.3) is 83.0 Å². The van der Waals surface area contributed by atoms with Crippen LogP contribution in [0.1, 0.15) is 0 Å². The van der Waals surface area contributed by atoms with E-state index in [0.717, 1.165) is 37.8 Å². The zero-order valence-electron chi connectivity index (χ0n) is 26.0. The number of pyridine rings is 1. The Morgan fingerprint density at radius 1 is 0.417 bits per heavy atom. The molecule has 0 saturated heterocycles. The van der Waals surface area contributed by atoms with Gasteiger partial charge in [0.25, 0.3) is 0 Å². The van der Waals surface area contributed by atoms with E-state index < -0.39 is 0 Å². The highest BCUT2D eigenvalue weighted by Gasteiger charge is 2.17. The molecule has 0 atom stereocenters. The molecule has 2 nitrogen and oxygen atoms in total. The second kappa shape index (κ2) is 11.8. The van der Waals surface area contributed by atoms with Crippen LogP contribution in [0.4, 0.5) is 0 Å². The lowest BCUT2D eigenvalue weighted by Gasteiger charge is -2.13. The topological polar surface area (TPSA) is 17.8 Å². The largest absolute Gasteiger partial charge is 0.309 e.